The summed E-state index contributed by atoms with van der Waals surface area (Å²) in [5.41, 5.74) is -2.09. The summed E-state index contributed by atoms with van der Waals surface area (Å²) in [4.78, 5) is 135. The van der Waals surface area contributed by atoms with E-state index in [0.717, 1.165) is 76.3 Å². The van der Waals surface area contributed by atoms with Gasteiger partial charge in [0.15, 0.2) is 18.1 Å². The van der Waals surface area contributed by atoms with Crippen LogP contribution in [0.3, 0.4) is 0 Å². The number of likely N-dealkylation sites (N-methyl/N-ethyl adjacent to an activating group) is 1. The van der Waals surface area contributed by atoms with Crippen LogP contribution in [0, 0.1) is 0 Å². The van der Waals surface area contributed by atoms with Gasteiger partial charge in [-0.05, 0) is 72.5 Å². The average Bonchev–Trinajstić information content (AvgIpc) is 1.61. The Bertz CT molecular complexity index is 4590. The van der Waals surface area contributed by atoms with Crippen LogP contribution in [0.2, 0.25) is 0 Å². The number of hydrogen-bond acceptors (Lipinski definition) is 31. The third-order valence-corrected chi connectivity index (χ3v) is 22.3. The molecule has 0 spiro atoms. The number of nitrogens with one attached hydrogen (secondary N) is 5. The zero-order valence-corrected chi connectivity index (χ0v) is 59.8. The normalized spacial score (nSPS) is 24.7. The number of methoxy groups -OCH3 is 1. The fraction of sp³-hybridized carbons (Fsp3) is 0.431. The molecule has 5 aliphatic heterocycles. The third-order valence-electron chi connectivity index (χ3n) is 17.8. The number of esters is 2. The first-order valence-electron chi connectivity index (χ1n) is 32.2. The minimum Gasteiger partial charge on any atom is -0.506 e. The van der Waals surface area contributed by atoms with Gasteiger partial charge >= 0.3 is 11.9 Å². The van der Waals surface area contributed by atoms with Crippen LogP contribution in [0.5, 0.6) is 5.75 Å². The number of nitrogens with zero attached hydrogens (tertiary/aromatic N) is 9. The number of rotatable bonds is 11. The molecule has 0 aliphatic carbocycles. The van der Waals surface area contributed by atoms with E-state index in [1.807, 2.05) is 0 Å². The maximum absolute atomic E-state index is 15.2. The number of aromatic hydroxyl groups is 1. The number of aliphatic hydroxyl groups is 2. The zero-order chi connectivity index (χ0) is 72.0. The monoisotopic (exact) mass is 1490 g/mol. The van der Waals surface area contributed by atoms with Gasteiger partial charge in [-0.3, -0.25) is 28.9 Å². The summed E-state index contributed by atoms with van der Waals surface area (Å²) in [6.45, 7) is 8.35. The van der Waals surface area contributed by atoms with Crippen LogP contribution >= 0.6 is 56.7 Å². The minimum absolute atomic E-state index is 0.00191. The molecule has 12 heterocycles. The van der Waals surface area contributed by atoms with Gasteiger partial charge in [-0.1, -0.05) is 12.1 Å². The lowest BCUT2D eigenvalue weighted by Gasteiger charge is -2.48. The van der Waals surface area contributed by atoms with Gasteiger partial charge in [-0.15, -0.1) is 56.7 Å². The second-order valence-electron chi connectivity index (χ2n) is 25.1. The molecular formula is C65H70N14O18S5. The molecule has 102 heavy (non-hydrogen) atoms. The standard InChI is InChI=1S/C65H70N14O18S5/c1-28(80)44-57(86)75-45(29(2)91-7)60-71-39(27-100-60)56(85)76-48-50-51(97-42-19-65(4,89)52(77(5)6)30(3)96-42)64(88)94-20-31-10-8-11-40-43(31)33(21-93-50)49(79(40)90)63(87)95-22-34(67-54(83)37-26-102-62(48)72-37)59-68-35(23-99-59)46-32(58-69-38(25-98-58)55(84)74-44)18-41(81)47(73-46)61-70-36(24-101-61)53(82)66-12-9-13-78-14-16-92-17-15-78/h8,10-11,18,23-28,30,34,42,44,48,50-52,80-81,89-90H,9,12-17,19-22H2,1-7H3,(H,66,82)(H,67,83)(H,74,84)(H,75,86)(H,76,85)/b45-29+. The topological polar surface area (TPSA) is 414 Å². The molecule has 12 bridgehead atoms. The van der Waals surface area contributed by atoms with Crippen LogP contribution in [0.1, 0.15) is 131 Å². The highest BCUT2D eigenvalue weighted by molar-refractivity contribution is 7.14. The molecule has 0 saturated carbocycles. The van der Waals surface area contributed by atoms with E-state index >= 15 is 19.2 Å². The molecule has 8 aromatic rings. The van der Waals surface area contributed by atoms with Gasteiger partial charge in [-0.25, -0.2) is 39.5 Å². The Morgan fingerprint density at radius 3 is 2.27 bits per heavy atom. The van der Waals surface area contributed by atoms with Crippen molar-refractivity contribution in [1.82, 2.24) is 71.0 Å². The second-order valence-corrected chi connectivity index (χ2v) is 29.4. The molecule has 0 radical (unpaired) electrons. The number of pyridine rings is 1. The molecule has 5 aliphatic rings. The molecule has 10 unspecified atom stereocenters. The molecule has 7 aromatic heterocycles. The van der Waals surface area contributed by atoms with Crippen LogP contribution in [0.25, 0.3) is 49.3 Å². The van der Waals surface area contributed by atoms with Gasteiger partial charge in [0.05, 0.1) is 56.3 Å². The lowest BCUT2D eigenvalue weighted by Crippen LogP contribution is -2.62. The van der Waals surface area contributed by atoms with Crippen molar-refractivity contribution in [3.63, 3.8) is 0 Å². The van der Waals surface area contributed by atoms with Crippen molar-refractivity contribution in [3.8, 4) is 38.4 Å². The number of hydrogen-bond donors (Lipinski definition) is 9. The number of carbonyl (C=O) groups excluding carboxylic acids is 7. The van der Waals surface area contributed by atoms with Gasteiger partial charge < -0.3 is 85.2 Å². The van der Waals surface area contributed by atoms with Crippen LogP contribution < -0.4 is 26.6 Å². The van der Waals surface area contributed by atoms with E-state index in [4.69, 9.17) is 48.1 Å². The van der Waals surface area contributed by atoms with E-state index in [2.05, 4.69) is 46.4 Å². The Morgan fingerprint density at radius 2 is 1.53 bits per heavy atom. The summed E-state index contributed by atoms with van der Waals surface area (Å²) in [5.74, 6) is -6.62. The van der Waals surface area contributed by atoms with Crippen molar-refractivity contribution in [3.05, 3.63) is 112 Å². The molecule has 13 rings (SSSR count). The Hall–Kier alpha value is -8.83. The molecule has 2 fully saturated rings. The Kier molecular flexibility index (Phi) is 21.0. The fourth-order valence-electron chi connectivity index (χ4n) is 12.9. The van der Waals surface area contributed by atoms with Gasteiger partial charge in [0.2, 0.25) is 5.91 Å². The third kappa shape index (κ3) is 14.6. The highest BCUT2D eigenvalue weighted by Crippen LogP contribution is 2.43. The number of allylic oxidation sites excluding steroid dienone is 1. The van der Waals surface area contributed by atoms with Crippen LogP contribution in [-0.2, 0) is 56.0 Å². The first kappa shape index (κ1) is 71.6. The van der Waals surface area contributed by atoms with Crippen LogP contribution in [0.15, 0.2) is 56.9 Å². The van der Waals surface area contributed by atoms with Crippen molar-refractivity contribution in [2.45, 2.75) is 114 Å². The summed E-state index contributed by atoms with van der Waals surface area (Å²) >= 11 is 4.74. The Morgan fingerprint density at radius 1 is 0.843 bits per heavy atom. The smallest absolute Gasteiger partial charge is 0.358 e. The maximum atomic E-state index is 15.2. The predicted molar refractivity (Wildman–Crippen MR) is 368 cm³/mol. The average molecular weight is 1500 g/mol. The van der Waals surface area contributed by atoms with Crippen molar-refractivity contribution in [2.75, 3.05) is 67.2 Å². The number of thiazole rings is 5. The fourth-order valence-corrected chi connectivity index (χ4v) is 17.1. The van der Waals surface area contributed by atoms with Crippen molar-refractivity contribution in [2.24, 2.45) is 0 Å². The van der Waals surface area contributed by atoms with Crippen molar-refractivity contribution in [1.29, 1.82) is 0 Å². The lowest BCUT2D eigenvalue weighted by atomic mass is 9.85. The number of benzene rings is 1. The minimum atomic E-state index is -1.90. The molecular weight excluding hydrogens is 1430 g/mol. The number of cyclic esters (lactones) is 2. The second kappa shape index (κ2) is 29.9. The van der Waals surface area contributed by atoms with E-state index < -0.39 is 133 Å². The number of aliphatic hydroxyl groups excluding tert-OH is 1. The Balaban J connectivity index is 0.951. The molecule has 9 N–H and O–H groups in total. The first-order valence-corrected chi connectivity index (χ1v) is 36.6. The van der Waals surface area contributed by atoms with Crippen molar-refractivity contribution < 1.29 is 87.2 Å². The van der Waals surface area contributed by atoms with Gasteiger partial charge in [0.1, 0.15) is 120 Å². The van der Waals surface area contributed by atoms with Crippen LogP contribution in [0.4, 0.5) is 0 Å². The summed E-state index contributed by atoms with van der Waals surface area (Å²) in [7, 11) is 4.87. The van der Waals surface area contributed by atoms with Gasteiger partial charge in [0.25, 0.3) is 23.6 Å². The van der Waals surface area contributed by atoms with E-state index in [0.29, 0.717) is 36.5 Å². The molecule has 37 heteroatoms. The number of carbonyl (C=O) groups is 7. The first-order chi connectivity index (χ1) is 48.9. The van der Waals surface area contributed by atoms with Crippen LogP contribution in [-0.4, -0.2) is 222 Å². The largest absolute Gasteiger partial charge is 0.506 e. The number of ether oxygens (including phenoxy) is 7. The summed E-state index contributed by atoms with van der Waals surface area (Å²) in [5, 5.41) is 69.0. The molecule has 5 amide bonds. The van der Waals surface area contributed by atoms with Crippen molar-refractivity contribution >= 4 is 115 Å². The summed E-state index contributed by atoms with van der Waals surface area (Å²) in [6.07, 6.45) is -6.80. The van der Waals surface area contributed by atoms with E-state index in [1.165, 1.54) is 54.6 Å². The quantitative estimate of drug-likeness (QED) is 0.0369. The highest BCUT2D eigenvalue weighted by Gasteiger charge is 2.50. The van der Waals surface area contributed by atoms with E-state index in [-0.39, 0.29) is 105 Å². The van der Waals surface area contributed by atoms with Gasteiger partial charge in [0, 0.05) is 69.5 Å². The lowest BCUT2D eigenvalue weighted by molar-refractivity contribution is -0.280. The SMILES string of the molecule is CO/C(C)=C1/NC(=O)C(C(C)O)NC(=O)c2csc(n2)-c2cc(O)c(-c3nc(C(=O)NCCCN4CCOCC4)cs3)nc2-c2csc(n2)C2COC(=O)c3c4c5c(cccc5n3O)COC(=O)C(OC3CC(C)(O)C(N(C)C)C(C)O3)C(OC4)C(NC(=O)c3csc1n3)c1nc(cs1)C(=O)N2. The summed E-state index contributed by atoms with van der Waals surface area (Å²) < 4.78 is 43.8. The number of fused-ring (bicyclic) bond motifs is 15. The molecule has 32 nitrogen and oxygen atoms in total. The predicted octanol–water partition coefficient (Wildman–Crippen LogP) is 4.61. The molecule has 538 valence electrons. The highest BCUT2D eigenvalue weighted by atomic mass is 32.1. The Labute approximate surface area is 601 Å². The van der Waals surface area contributed by atoms with Gasteiger partial charge in [-0.2, -0.15) is 4.73 Å². The number of morpholine rings is 1. The summed E-state index contributed by atoms with van der Waals surface area (Å²) in [6, 6.07) is 0.851. The van der Waals surface area contributed by atoms with E-state index in [9.17, 15) is 34.9 Å². The maximum Gasteiger partial charge on any atom is 0.358 e. The number of aromatic nitrogens is 7. The molecule has 10 atom stereocenters. The molecule has 1 aromatic carbocycles. The van der Waals surface area contributed by atoms with E-state index in [1.54, 1.807) is 50.4 Å². The number of amides is 5. The zero-order valence-electron chi connectivity index (χ0n) is 55.7. The molecule has 2 saturated heterocycles.